The molecule has 0 unspecified atom stereocenters. The Bertz CT molecular complexity index is 797. The molecule has 6 nitrogen and oxygen atoms in total. The second-order valence-electron chi connectivity index (χ2n) is 5.38. The van der Waals surface area contributed by atoms with E-state index in [-0.39, 0.29) is 5.91 Å². The van der Waals surface area contributed by atoms with Gasteiger partial charge in [-0.2, -0.15) is 0 Å². The lowest BCUT2D eigenvalue weighted by atomic mass is 10.2. The molecule has 0 fully saturated rings. The van der Waals surface area contributed by atoms with Gasteiger partial charge in [0, 0.05) is 24.1 Å². The number of thiazole rings is 1. The first-order chi connectivity index (χ1) is 11.6. The zero-order valence-electron chi connectivity index (χ0n) is 13.4. The van der Waals surface area contributed by atoms with Gasteiger partial charge in [0.05, 0.1) is 17.7 Å². The Morgan fingerprint density at radius 3 is 2.71 bits per heavy atom. The van der Waals surface area contributed by atoms with E-state index < -0.39 is 0 Å². The largest absolute Gasteiger partial charge is 0.487 e. The number of carbonyl (C=O) groups excluding carboxylic acids is 1. The number of hydrogen-bond acceptors (Lipinski definition) is 6. The van der Waals surface area contributed by atoms with E-state index in [4.69, 9.17) is 9.26 Å². The van der Waals surface area contributed by atoms with Gasteiger partial charge in [0.15, 0.2) is 0 Å². The van der Waals surface area contributed by atoms with E-state index in [1.165, 1.54) is 11.3 Å². The smallest absolute Gasteiger partial charge is 0.253 e. The van der Waals surface area contributed by atoms with Crippen molar-refractivity contribution in [2.45, 2.75) is 20.1 Å². The van der Waals surface area contributed by atoms with Crippen molar-refractivity contribution < 1.29 is 14.1 Å². The van der Waals surface area contributed by atoms with Crippen molar-refractivity contribution in [2.75, 3.05) is 7.05 Å². The van der Waals surface area contributed by atoms with Crippen LogP contribution >= 0.6 is 11.3 Å². The molecule has 2 aromatic heterocycles. The molecule has 3 rings (SSSR count). The SMILES string of the molecule is Cc1cc(CN(C)C(=O)c2ccc(OCc3cscn3)cc2)no1. The number of aromatic nitrogens is 2. The van der Waals surface area contributed by atoms with Crippen LogP contribution in [0.5, 0.6) is 5.75 Å². The predicted molar refractivity (Wildman–Crippen MR) is 89.9 cm³/mol. The molecule has 0 atom stereocenters. The van der Waals surface area contributed by atoms with Gasteiger partial charge in [-0.25, -0.2) is 4.98 Å². The molecule has 1 amide bonds. The molecule has 0 saturated carbocycles. The lowest BCUT2D eigenvalue weighted by molar-refractivity contribution is 0.0782. The van der Waals surface area contributed by atoms with Crippen LogP contribution in [0.1, 0.15) is 27.5 Å². The van der Waals surface area contributed by atoms with E-state index >= 15 is 0 Å². The highest BCUT2D eigenvalue weighted by Crippen LogP contribution is 2.16. The van der Waals surface area contributed by atoms with E-state index in [0.29, 0.717) is 24.5 Å². The van der Waals surface area contributed by atoms with E-state index in [1.54, 1.807) is 41.7 Å². The topological polar surface area (TPSA) is 68.5 Å². The summed E-state index contributed by atoms with van der Waals surface area (Å²) in [6, 6.07) is 8.90. The summed E-state index contributed by atoms with van der Waals surface area (Å²) in [6.07, 6.45) is 0. The molecule has 0 saturated heterocycles. The van der Waals surface area contributed by atoms with Crippen LogP contribution in [0.3, 0.4) is 0 Å². The molecular weight excluding hydrogens is 326 g/mol. The van der Waals surface area contributed by atoms with Crippen molar-refractivity contribution in [2.24, 2.45) is 0 Å². The van der Waals surface area contributed by atoms with Crippen molar-refractivity contribution >= 4 is 17.2 Å². The van der Waals surface area contributed by atoms with E-state index in [0.717, 1.165) is 17.1 Å². The first kappa shape index (κ1) is 16.2. The van der Waals surface area contributed by atoms with Crippen LogP contribution in [0.15, 0.2) is 45.7 Å². The molecular formula is C17H17N3O3S. The Kier molecular flexibility index (Phi) is 4.90. The van der Waals surface area contributed by atoms with Crippen LogP contribution in [-0.2, 0) is 13.2 Å². The normalized spacial score (nSPS) is 10.6. The Labute approximate surface area is 143 Å². The Morgan fingerprint density at radius 2 is 2.08 bits per heavy atom. The van der Waals surface area contributed by atoms with E-state index in [1.807, 2.05) is 18.4 Å². The number of nitrogens with zero attached hydrogens (tertiary/aromatic N) is 3. The van der Waals surface area contributed by atoms with Gasteiger partial charge in [-0.1, -0.05) is 5.16 Å². The summed E-state index contributed by atoms with van der Waals surface area (Å²) in [5.41, 5.74) is 3.99. The maximum absolute atomic E-state index is 12.4. The van der Waals surface area contributed by atoms with Gasteiger partial charge in [0.25, 0.3) is 5.91 Å². The fraction of sp³-hybridized carbons (Fsp3) is 0.235. The summed E-state index contributed by atoms with van der Waals surface area (Å²) in [7, 11) is 1.74. The summed E-state index contributed by atoms with van der Waals surface area (Å²) in [5.74, 6) is 1.35. The van der Waals surface area contributed by atoms with Gasteiger partial charge in [0.1, 0.15) is 23.8 Å². The Hall–Kier alpha value is -2.67. The number of aryl methyl sites for hydroxylation is 1. The molecule has 7 heteroatoms. The van der Waals surface area contributed by atoms with Gasteiger partial charge in [0.2, 0.25) is 0 Å². The maximum atomic E-state index is 12.4. The minimum Gasteiger partial charge on any atom is -0.487 e. The second-order valence-corrected chi connectivity index (χ2v) is 6.10. The summed E-state index contributed by atoms with van der Waals surface area (Å²) in [4.78, 5) is 18.2. The standard InChI is InChI=1S/C17H17N3O3S/c1-12-7-14(19-23-12)8-20(2)17(21)13-3-5-16(6-4-13)22-9-15-10-24-11-18-15/h3-7,10-11H,8-9H2,1-2H3. The number of rotatable bonds is 6. The zero-order valence-corrected chi connectivity index (χ0v) is 14.2. The van der Waals surface area contributed by atoms with Crippen LogP contribution in [-0.4, -0.2) is 28.0 Å². The van der Waals surface area contributed by atoms with Gasteiger partial charge in [-0.15, -0.1) is 11.3 Å². The fourth-order valence-electron chi connectivity index (χ4n) is 2.19. The Morgan fingerprint density at radius 1 is 1.29 bits per heavy atom. The highest BCUT2D eigenvalue weighted by molar-refractivity contribution is 7.07. The average Bonchev–Trinajstić information content (AvgIpc) is 3.24. The summed E-state index contributed by atoms with van der Waals surface area (Å²) in [6.45, 7) is 2.64. The molecule has 0 radical (unpaired) electrons. The van der Waals surface area contributed by atoms with Crippen molar-refractivity contribution in [3.8, 4) is 5.75 Å². The fourth-order valence-corrected chi connectivity index (χ4v) is 2.73. The van der Waals surface area contributed by atoms with Crippen LogP contribution < -0.4 is 4.74 Å². The van der Waals surface area contributed by atoms with E-state index in [9.17, 15) is 4.79 Å². The summed E-state index contributed by atoms with van der Waals surface area (Å²) < 4.78 is 10.7. The number of amides is 1. The molecule has 3 aromatic rings. The molecule has 0 bridgehead atoms. The number of carbonyl (C=O) groups is 1. The first-order valence-corrected chi connectivity index (χ1v) is 8.33. The van der Waals surface area contributed by atoms with Crippen molar-refractivity contribution in [3.63, 3.8) is 0 Å². The molecule has 0 spiro atoms. The lowest BCUT2D eigenvalue weighted by Gasteiger charge is -2.15. The average molecular weight is 343 g/mol. The molecule has 0 N–H and O–H groups in total. The molecule has 2 heterocycles. The summed E-state index contributed by atoms with van der Waals surface area (Å²) >= 11 is 1.53. The van der Waals surface area contributed by atoms with Crippen LogP contribution in [0.2, 0.25) is 0 Å². The minimum atomic E-state index is -0.0818. The third-order valence-corrected chi connectivity index (χ3v) is 4.03. The molecule has 0 aliphatic heterocycles. The molecule has 0 aliphatic carbocycles. The zero-order chi connectivity index (χ0) is 16.9. The Balaban J connectivity index is 1.58. The van der Waals surface area contributed by atoms with Gasteiger partial charge in [-0.3, -0.25) is 4.79 Å². The monoisotopic (exact) mass is 343 g/mol. The molecule has 124 valence electrons. The van der Waals surface area contributed by atoms with Crippen molar-refractivity contribution in [1.29, 1.82) is 0 Å². The lowest BCUT2D eigenvalue weighted by Crippen LogP contribution is -2.26. The number of ether oxygens (including phenoxy) is 1. The summed E-state index contributed by atoms with van der Waals surface area (Å²) in [5, 5.41) is 5.84. The number of benzene rings is 1. The third-order valence-electron chi connectivity index (χ3n) is 3.39. The first-order valence-electron chi connectivity index (χ1n) is 7.39. The van der Waals surface area contributed by atoms with Gasteiger partial charge < -0.3 is 14.2 Å². The maximum Gasteiger partial charge on any atom is 0.253 e. The van der Waals surface area contributed by atoms with Crippen molar-refractivity contribution in [3.05, 3.63) is 63.9 Å². The van der Waals surface area contributed by atoms with Crippen molar-refractivity contribution in [1.82, 2.24) is 15.0 Å². The number of hydrogen-bond donors (Lipinski definition) is 0. The predicted octanol–water partition coefficient (Wildman–Crippen LogP) is 3.29. The molecule has 1 aromatic carbocycles. The third kappa shape index (κ3) is 3.99. The second kappa shape index (κ2) is 7.27. The highest BCUT2D eigenvalue weighted by atomic mass is 32.1. The molecule has 24 heavy (non-hydrogen) atoms. The van der Waals surface area contributed by atoms with Crippen LogP contribution in [0.4, 0.5) is 0 Å². The molecule has 0 aliphatic rings. The highest BCUT2D eigenvalue weighted by Gasteiger charge is 2.14. The van der Waals surface area contributed by atoms with Gasteiger partial charge in [-0.05, 0) is 31.2 Å². The quantitative estimate of drug-likeness (QED) is 0.687. The van der Waals surface area contributed by atoms with E-state index in [2.05, 4.69) is 10.1 Å². The van der Waals surface area contributed by atoms with Gasteiger partial charge >= 0.3 is 0 Å². The minimum absolute atomic E-state index is 0.0818. The van der Waals surface area contributed by atoms with Crippen LogP contribution in [0.25, 0.3) is 0 Å². The van der Waals surface area contributed by atoms with Crippen LogP contribution in [0, 0.1) is 6.92 Å².